The Morgan fingerprint density at radius 1 is 1.47 bits per heavy atom. The van der Waals surface area contributed by atoms with Crippen LogP contribution in [0.25, 0.3) is 0 Å². The maximum Gasteiger partial charge on any atom is 0.274 e. The zero-order chi connectivity index (χ0) is 13.8. The van der Waals surface area contributed by atoms with Crippen molar-refractivity contribution in [2.45, 2.75) is 18.9 Å². The van der Waals surface area contributed by atoms with Gasteiger partial charge in [-0.15, -0.1) is 0 Å². The molecule has 0 spiro atoms. The van der Waals surface area contributed by atoms with Gasteiger partial charge in [0.05, 0.1) is 4.92 Å². The summed E-state index contributed by atoms with van der Waals surface area (Å²) in [5.41, 5.74) is 1.08. The molecule has 1 aliphatic heterocycles. The monoisotopic (exact) mass is 263 g/mol. The SMILES string of the molecule is CNCC1CCCN(C)C1c1ccccc1[N+](=O)[O-]. The predicted molar refractivity (Wildman–Crippen MR) is 75.1 cm³/mol. The van der Waals surface area contributed by atoms with E-state index in [9.17, 15) is 10.1 Å². The molecule has 1 heterocycles. The van der Waals surface area contributed by atoms with Gasteiger partial charge in [0.1, 0.15) is 0 Å². The van der Waals surface area contributed by atoms with Crippen LogP contribution in [0.4, 0.5) is 5.69 Å². The Labute approximate surface area is 113 Å². The minimum absolute atomic E-state index is 0.128. The summed E-state index contributed by atoms with van der Waals surface area (Å²) in [6.45, 7) is 1.89. The summed E-state index contributed by atoms with van der Waals surface area (Å²) in [6.07, 6.45) is 2.27. The number of nitro groups is 1. The Hall–Kier alpha value is -1.46. The molecule has 0 saturated carbocycles. The van der Waals surface area contributed by atoms with E-state index in [1.807, 2.05) is 19.2 Å². The molecular weight excluding hydrogens is 242 g/mol. The van der Waals surface area contributed by atoms with Crippen LogP contribution in [-0.2, 0) is 0 Å². The highest BCUT2D eigenvalue weighted by Gasteiger charge is 2.33. The molecule has 0 bridgehead atoms. The zero-order valence-corrected chi connectivity index (χ0v) is 11.5. The van der Waals surface area contributed by atoms with E-state index >= 15 is 0 Å². The van der Waals surface area contributed by atoms with Crippen LogP contribution < -0.4 is 5.32 Å². The normalized spacial score (nSPS) is 24.3. The maximum absolute atomic E-state index is 11.2. The fourth-order valence-corrected chi connectivity index (χ4v) is 3.13. The first-order valence-electron chi connectivity index (χ1n) is 6.73. The van der Waals surface area contributed by atoms with Gasteiger partial charge in [0.15, 0.2) is 0 Å². The number of nitrogens with zero attached hydrogens (tertiary/aromatic N) is 2. The Balaban J connectivity index is 2.38. The quantitative estimate of drug-likeness (QED) is 0.668. The number of rotatable bonds is 4. The lowest BCUT2D eigenvalue weighted by molar-refractivity contribution is -0.386. The van der Waals surface area contributed by atoms with Crippen LogP contribution in [0.15, 0.2) is 24.3 Å². The fourth-order valence-electron chi connectivity index (χ4n) is 3.13. The lowest BCUT2D eigenvalue weighted by Crippen LogP contribution is -2.40. The second kappa shape index (κ2) is 6.12. The van der Waals surface area contributed by atoms with Crippen molar-refractivity contribution in [1.29, 1.82) is 0 Å². The van der Waals surface area contributed by atoms with Crippen LogP contribution in [0.2, 0.25) is 0 Å². The molecule has 104 valence electrons. The molecule has 0 aromatic heterocycles. The number of nitrogens with one attached hydrogen (secondary N) is 1. The topological polar surface area (TPSA) is 58.4 Å². The number of likely N-dealkylation sites (tertiary alicyclic amines) is 1. The molecule has 0 radical (unpaired) electrons. The average molecular weight is 263 g/mol. The van der Waals surface area contributed by atoms with Crippen LogP contribution in [0, 0.1) is 16.0 Å². The molecule has 2 unspecified atom stereocenters. The van der Waals surface area contributed by atoms with Crippen LogP contribution in [0.1, 0.15) is 24.4 Å². The molecule has 0 amide bonds. The maximum atomic E-state index is 11.2. The van der Waals surface area contributed by atoms with E-state index < -0.39 is 0 Å². The molecule has 1 fully saturated rings. The van der Waals surface area contributed by atoms with Gasteiger partial charge in [-0.2, -0.15) is 0 Å². The molecule has 0 aliphatic carbocycles. The Bertz CT molecular complexity index is 448. The van der Waals surface area contributed by atoms with E-state index in [2.05, 4.69) is 17.3 Å². The number of nitro benzene ring substituents is 1. The Kier molecular flexibility index (Phi) is 4.50. The van der Waals surface area contributed by atoms with E-state index in [0.29, 0.717) is 5.92 Å². The van der Waals surface area contributed by atoms with Crippen molar-refractivity contribution in [1.82, 2.24) is 10.2 Å². The molecule has 1 saturated heterocycles. The molecule has 5 heteroatoms. The van der Waals surface area contributed by atoms with Gasteiger partial charge in [-0.05, 0) is 45.9 Å². The number of piperidine rings is 1. The molecular formula is C14H21N3O2. The van der Waals surface area contributed by atoms with Crippen molar-refractivity contribution in [2.75, 3.05) is 27.2 Å². The average Bonchev–Trinajstić information content (AvgIpc) is 2.39. The van der Waals surface area contributed by atoms with Crippen molar-refractivity contribution in [3.05, 3.63) is 39.9 Å². The van der Waals surface area contributed by atoms with Crippen molar-refractivity contribution >= 4 is 5.69 Å². The van der Waals surface area contributed by atoms with E-state index in [1.54, 1.807) is 12.1 Å². The third-order valence-electron chi connectivity index (χ3n) is 3.93. The first-order valence-corrected chi connectivity index (χ1v) is 6.73. The van der Waals surface area contributed by atoms with Crippen LogP contribution in [-0.4, -0.2) is 37.0 Å². The number of hydrogen-bond donors (Lipinski definition) is 1. The van der Waals surface area contributed by atoms with Crippen molar-refractivity contribution in [3.8, 4) is 0 Å². The van der Waals surface area contributed by atoms with Gasteiger partial charge in [0.25, 0.3) is 5.69 Å². The van der Waals surface area contributed by atoms with Gasteiger partial charge in [-0.1, -0.05) is 18.2 Å². The zero-order valence-electron chi connectivity index (χ0n) is 11.5. The number of benzene rings is 1. The molecule has 1 N–H and O–H groups in total. The summed E-state index contributed by atoms with van der Waals surface area (Å²) in [5, 5.41) is 14.4. The smallest absolute Gasteiger partial charge is 0.274 e. The van der Waals surface area contributed by atoms with Crippen molar-refractivity contribution < 1.29 is 4.92 Å². The molecule has 19 heavy (non-hydrogen) atoms. The summed E-state index contributed by atoms with van der Waals surface area (Å²) in [6, 6.07) is 7.25. The molecule has 1 aliphatic rings. The first kappa shape index (κ1) is 14.0. The Morgan fingerprint density at radius 2 is 2.21 bits per heavy atom. The minimum Gasteiger partial charge on any atom is -0.319 e. The number of para-hydroxylation sites is 1. The predicted octanol–water partition coefficient (Wildman–Crippen LogP) is 2.20. The van der Waals surface area contributed by atoms with Gasteiger partial charge in [0, 0.05) is 17.7 Å². The first-order chi connectivity index (χ1) is 9.15. The molecule has 2 rings (SSSR count). The van der Waals surface area contributed by atoms with E-state index in [4.69, 9.17) is 0 Å². The Morgan fingerprint density at radius 3 is 2.89 bits per heavy atom. The standard InChI is InChI=1S/C14H21N3O2/c1-15-10-11-6-5-9-16(2)14(11)12-7-3-4-8-13(12)17(18)19/h3-4,7-8,11,14-15H,5-6,9-10H2,1-2H3. The molecule has 1 aromatic rings. The highest BCUT2D eigenvalue weighted by atomic mass is 16.6. The molecule has 5 nitrogen and oxygen atoms in total. The van der Waals surface area contributed by atoms with Crippen molar-refractivity contribution in [2.24, 2.45) is 5.92 Å². The van der Waals surface area contributed by atoms with Crippen LogP contribution >= 0.6 is 0 Å². The third kappa shape index (κ3) is 2.93. The van der Waals surface area contributed by atoms with E-state index in [0.717, 1.165) is 31.5 Å². The summed E-state index contributed by atoms with van der Waals surface area (Å²) in [4.78, 5) is 13.2. The lowest BCUT2D eigenvalue weighted by Gasteiger charge is -2.39. The van der Waals surface area contributed by atoms with Gasteiger partial charge in [0.2, 0.25) is 0 Å². The molecule has 1 aromatic carbocycles. The van der Waals surface area contributed by atoms with E-state index in [-0.39, 0.29) is 16.7 Å². The van der Waals surface area contributed by atoms with Gasteiger partial charge in [-0.3, -0.25) is 15.0 Å². The number of hydrogen-bond acceptors (Lipinski definition) is 4. The summed E-state index contributed by atoms with van der Waals surface area (Å²) < 4.78 is 0. The van der Waals surface area contributed by atoms with E-state index in [1.165, 1.54) is 0 Å². The van der Waals surface area contributed by atoms with Gasteiger partial charge in [-0.25, -0.2) is 0 Å². The van der Waals surface area contributed by atoms with Crippen LogP contribution in [0.5, 0.6) is 0 Å². The summed E-state index contributed by atoms with van der Waals surface area (Å²) >= 11 is 0. The second-order valence-electron chi connectivity index (χ2n) is 5.20. The largest absolute Gasteiger partial charge is 0.319 e. The van der Waals surface area contributed by atoms with Gasteiger partial charge < -0.3 is 5.32 Å². The van der Waals surface area contributed by atoms with Crippen molar-refractivity contribution in [3.63, 3.8) is 0 Å². The van der Waals surface area contributed by atoms with Gasteiger partial charge >= 0.3 is 0 Å². The lowest BCUT2D eigenvalue weighted by atomic mass is 9.84. The third-order valence-corrected chi connectivity index (χ3v) is 3.93. The molecule has 2 atom stereocenters. The second-order valence-corrected chi connectivity index (χ2v) is 5.20. The highest BCUT2D eigenvalue weighted by molar-refractivity contribution is 5.42. The fraction of sp³-hybridized carbons (Fsp3) is 0.571. The van der Waals surface area contributed by atoms with Crippen LogP contribution in [0.3, 0.4) is 0 Å². The summed E-state index contributed by atoms with van der Waals surface area (Å²) in [7, 11) is 3.99. The summed E-state index contributed by atoms with van der Waals surface area (Å²) in [5.74, 6) is 0.421. The minimum atomic E-state index is -0.270. The highest BCUT2D eigenvalue weighted by Crippen LogP contribution is 2.38.